The maximum Gasteiger partial charge on any atom is 1.00 e. The Hall–Kier alpha value is 0.790. The summed E-state index contributed by atoms with van der Waals surface area (Å²) in [6.45, 7) is 0. The van der Waals surface area contributed by atoms with Crippen LogP contribution >= 0.6 is 15.9 Å². The SMILES string of the molecule is BrCC1CCCCC1.[N-]=[N+]=[N-].[Na+]. The zero-order valence-electron chi connectivity index (χ0n) is 7.54. The van der Waals surface area contributed by atoms with Gasteiger partial charge in [-0.1, -0.05) is 35.2 Å². The first-order valence-electron chi connectivity index (χ1n) is 3.89. The zero-order chi connectivity index (χ0) is 8.53. The Morgan fingerprint density at radius 3 is 1.83 bits per heavy atom. The third-order valence-corrected chi connectivity index (χ3v) is 2.86. The molecule has 12 heavy (non-hydrogen) atoms. The Bertz CT molecular complexity index is 120. The molecule has 0 aromatic heterocycles. The van der Waals surface area contributed by atoms with E-state index in [0.717, 1.165) is 5.92 Å². The van der Waals surface area contributed by atoms with E-state index in [0.29, 0.717) is 0 Å². The van der Waals surface area contributed by atoms with Gasteiger partial charge in [-0.2, -0.15) is 0 Å². The van der Waals surface area contributed by atoms with Crippen LogP contribution in [0.5, 0.6) is 0 Å². The number of hydrogen-bond acceptors (Lipinski definition) is 0. The van der Waals surface area contributed by atoms with E-state index in [2.05, 4.69) is 15.9 Å². The van der Waals surface area contributed by atoms with Crippen LogP contribution in [0.25, 0.3) is 16.0 Å². The zero-order valence-corrected chi connectivity index (χ0v) is 11.1. The molecule has 0 saturated heterocycles. The van der Waals surface area contributed by atoms with Crippen LogP contribution in [-0.2, 0) is 0 Å². The molecule has 3 nitrogen and oxygen atoms in total. The van der Waals surface area contributed by atoms with Gasteiger partial charge in [-0.3, -0.25) is 4.91 Å². The predicted molar refractivity (Wildman–Crippen MR) is 50.4 cm³/mol. The average molecular weight is 242 g/mol. The first-order chi connectivity index (χ1) is 5.35. The minimum Gasteiger partial charge on any atom is -0.373 e. The number of rotatable bonds is 1. The smallest absolute Gasteiger partial charge is 0.373 e. The number of nitrogens with zero attached hydrogens (tertiary/aromatic N) is 3. The monoisotopic (exact) mass is 241 g/mol. The molecule has 1 rings (SSSR count). The predicted octanol–water partition coefficient (Wildman–Crippen LogP) is 0.832. The Morgan fingerprint density at radius 2 is 1.58 bits per heavy atom. The van der Waals surface area contributed by atoms with Crippen LogP contribution in [0, 0.1) is 5.92 Å². The van der Waals surface area contributed by atoms with Crippen molar-refractivity contribution in [1.82, 2.24) is 0 Å². The molecule has 1 aliphatic rings. The molecule has 0 heterocycles. The van der Waals surface area contributed by atoms with Crippen molar-refractivity contribution >= 4 is 15.9 Å². The van der Waals surface area contributed by atoms with Crippen molar-refractivity contribution in [2.75, 3.05) is 5.33 Å². The molecule has 0 N–H and O–H groups in total. The standard InChI is InChI=1S/C7H13Br.N3.Na/c8-6-7-4-2-1-3-5-7;1-3-2;/h7H,1-6H2;;/q;-1;+1. The molecule has 0 radical (unpaired) electrons. The van der Waals surface area contributed by atoms with Crippen molar-refractivity contribution in [1.29, 1.82) is 0 Å². The van der Waals surface area contributed by atoms with Crippen molar-refractivity contribution in [3.05, 3.63) is 16.0 Å². The van der Waals surface area contributed by atoms with E-state index in [4.69, 9.17) is 11.1 Å². The Kier molecular flexibility index (Phi) is 15.0. The van der Waals surface area contributed by atoms with Gasteiger partial charge in [0.25, 0.3) is 0 Å². The van der Waals surface area contributed by atoms with Crippen molar-refractivity contribution < 1.29 is 29.6 Å². The first kappa shape index (κ1) is 15.3. The Labute approximate surface area is 104 Å². The molecule has 64 valence electrons. The minimum absolute atomic E-state index is 0. The topological polar surface area (TPSA) is 58.7 Å². The first-order valence-corrected chi connectivity index (χ1v) is 5.01. The molecular formula is C7H13BrN3Na. The quantitative estimate of drug-likeness (QED) is 0.215. The summed E-state index contributed by atoms with van der Waals surface area (Å²) in [5.41, 5.74) is 13.5. The van der Waals surface area contributed by atoms with Crippen molar-refractivity contribution in [2.24, 2.45) is 5.92 Å². The molecule has 0 atom stereocenters. The second-order valence-corrected chi connectivity index (χ2v) is 3.40. The molecule has 0 aliphatic heterocycles. The van der Waals surface area contributed by atoms with Crippen LogP contribution in [0.1, 0.15) is 32.1 Å². The van der Waals surface area contributed by atoms with Gasteiger partial charge in [-0.25, -0.2) is 0 Å². The maximum absolute atomic E-state index is 6.75. The van der Waals surface area contributed by atoms with Crippen LogP contribution < -0.4 is 29.6 Å². The van der Waals surface area contributed by atoms with Crippen LogP contribution in [-0.4, -0.2) is 5.33 Å². The number of alkyl halides is 1. The average Bonchev–Trinajstić information content (AvgIpc) is 2.08. The van der Waals surface area contributed by atoms with E-state index in [1.807, 2.05) is 0 Å². The maximum atomic E-state index is 6.75. The third kappa shape index (κ3) is 8.88. The molecule has 0 amide bonds. The fourth-order valence-electron chi connectivity index (χ4n) is 1.34. The van der Waals surface area contributed by atoms with Gasteiger partial charge in [0.15, 0.2) is 0 Å². The summed E-state index contributed by atoms with van der Waals surface area (Å²) in [5, 5.41) is 1.23. The molecule has 1 aliphatic carbocycles. The van der Waals surface area contributed by atoms with E-state index >= 15 is 0 Å². The molecule has 0 unspecified atom stereocenters. The van der Waals surface area contributed by atoms with Gasteiger partial charge >= 0.3 is 29.6 Å². The van der Waals surface area contributed by atoms with Gasteiger partial charge in [-0.15, -0.1) is 0 Å². The molecular weight excluding hydrogens is 229 g/mol. The van der Waals surface area contributed by atoms with E-state index < -0.39 is 0 Å². The number of halogens is 1. The molecule has 0 bridgehead atoms. The molecule has 0 aromatic carbocycles. The summed E-state index contributed by atoms with van der Waals surface area (Å²) in [4.78, 5) is 1.50. The summed E-state index contributed by atoms with van der Waals surface area (Å²) in [6.07, 6.45) is 7.34. The summed E-state index contributed by atoms with van der Waals surface area (Å²) < 4.78 is 0. The van der Waals surface area contributed by atoms with E-state index in [-0.39, 0.29) is 29.6 Å². The molecule has 0 spiro atoms. The van der Waals surface area contributed by atoms with Gasteiger partial charge in [0, 0.05) is 5.33 Å². The van der Waals surface area contributed by atoms with Crippen molar-refractivity contribution in [3.63, 3.8) is 0 Å². The second kappa shape index (κ2) is 11.8. The summed E-state index contributed by atoms with van der Waals surface area (Å²) in [6, 6.07) is 0. The van der Waals surface area contributed by atoms with E-state index in [1.54, 1.807) is 0 Å². The molecule has 5 heteroatoms. The van der Waals surface area contributed by atoms with Crippen LogP contribution in [0.4, 0.5) is 0 Å². The van der Waals surface area contributed by atoms with Crippen LogP contribution in [0.2, 0.25) is 0 Å². The Morgan fingerprint density at radius 1 is 1.17 bits per heavy atom. The fraction of sp³-hybridized carbons (Fsp3) is 1.00. The Balaban J connectivity index is 0. The summed E-state index contributed by atoms with van der Waals surface area (Å²) in [7, 11) is 0. The normalized spacial score (nSPS) is 16.4. The molecule has 1 fully saturated rings. The van der Waals surface area contributed by atoms with Gasteiger partial charge in [0.1, 0.15) is 0 Å². The minimum atomic E-state index is 0. The summed E-state index contributed by atoms with van der Waals surface area (Å²) in [5.74, 6) is 1.00. The largest absolute Gasteiger partial charge is 1.00 e. The van der Waals surface area contributed by atoms with Gasteiger partial charge in [0.2, 0.25) is 0 Å². The van der Waals surface area contributed by atoms with Gasteiger partial charge in [-0.05, 0) is 18.8 Å². The van der Waals surface area contributed by atoms with Gasteiger partial charge < -0.3 is 11.1 Å². The number of hydrogen-bond donors (Lipinski definition) is 0. The molecule has 0 aromatic rings. The second-order valence-electron chi connectivity index (χ2n) is 2.75. The van der Waals surface area contributed by atoms with E-state index in [1.165, 1.54) is 42.3 Å². The summed E-state index contributed by atoms with van der Waals surface area (Å²) >= 11 is 3.51. The van der Waals surface area contributed by atoms with Crippen molar-refractivity contribution in [3.8, 4) is 0 Å². The van der Waals surface area contributed by atoms with E-state index in [9.17, 15) is 0 Å². The van der Waals surface area contributed by atoms with Gasteiger partial charge in [0.05, 0.1) is 0 Å². The third-order valence-electron chi connectivity index (χ3n) is 1.94. The fourth-order valence-corrected chi connectivity index (χ4v) is 1.99. The van der Waals surface area contributed by atoms with Crippen molar-refractivity contribution in [2.45, 2.75) is 32.1 Å². The molecule has 1 saturated carbocycles. The van der Waals surface area contributed by atoms with Crippen LogP contribution in [0.3, 0.4) is 0 Å². The van der Waals surface area contributed by atoms with Crippen LogP contribution in [0.15, 0.2) is 0 Å².